The Morgan fingerprint density at radius 1 is 0.483 bits per heavy atom. The van der Waals surface area contributed by atoms with Crippen LogP contribution in [0.15, 0.2) is 121 Å². The van der Waals surface area contributed by atoms with Crippen molar-refractivity contribution >= 4 is 35.4 Å². The summed E-state index contributed by atoms with van der Waals surface area (Å²) in [5, 5.41) is 4.99. The van der Waals surface area contributed by atoms with E-state index in [9.17, 15) is 0 Å². The molecule has 0 N–H and O–H groups in total. The fraction of sp³-hybridized carbons (Fsp3) is 0.0769. The molecule has 1 nitrogen and oxygen atoms in total. The molecule has 29 heavy (non-hydrogen) atoms. The van der Waals surface area contributed by atoms with Crippen molar-refractivity contribution in [2.75, 3.05) is 14.2 Å². The maximum atomic E-state index is 5.54. The SMILES string of the molecule is COC.Clc1ccccc1.c1ccc(P(c2ccccc2)c2ccccc2)cc1. The fourth-order valence-electron chi connectivity index (χ4n) is 2.59. The van der Waals surface area contributed by atoms with Crippen LogP contribution in [0.3, 0.4) is 0 Å². The molecule has 4 aromatic carbocycles. The van der Waals surface area contributed by atoms with E-state index in [0.29, 0.717) is 0 Å². The summed E-state index contributed by atoms with van der Waals surface area (Å²) >= 11 is 5.54. The average Bonchev–Trinajstić information content (AvgIpc) is 2.78. The van der Waals surface area contributed by atoms with E-state index in [1.54, 1.807) is 14.2 Å². The van der Waals surface area contributed by atoms with Gasteiger partial charge < -0.3 is 4.74 Å². The van der Waals surface area contributed by atoms with Crippen LogP contribution in [-0.2, 0) is 4.74 Å². The topological polar surface area (TPSA) is 9.23 Å². The summed E-state index contributed by atoms with van der Waals surface area (Å²) in [4.78, 5) is 0. The van der Waals surface area contributed by atoms with Gasteiger partial charge in [-0.15, -0.1) is 0 Å². The minimum Gasteiger partial charge on any atom is -0.388 e. The lowest BCUT2D eigenvalue weighted by Crippen LogP contribution is -2.20. The highest BCUT2D eigenvalue weighted by Gasteiger charge is 2.14. The fourth-order valence-corrected chi connectivity index (χ4v) is 5.04. The molecule has 0 saturated carbocycles. The first-order chi connectivity index (χ1) is 14.3. The summed E-state index contributed by atoms with van der Waals surface area (Å²) in [5.74, 6) is 0. The Balaban J connectivity index is 0.000000250. The number of methoxy groups -OCH3 is 1. The highest BCUT2D eigenvalue weighted by Crippen LogP contribution is 2.32. The Morgan fingerprint density at radius 3 is 0.931 bits per heavy atom. The van der Waals surface area contributed by atoms with Crippen LogP contribution in [0.25, 0.3) is 0 Å². The molecule has 0 amide bonds. The van der Waals surface area contributed by atoms with E-state index in [2.05, 4.69) is 95.7 Å². The van der Waals surface area contributed by atoms with E-state index < -0.39 is 7.92 Å². The van der Waals surface area contributed by atoms with Crippen LogP contribution in [-0.4, -0.2) is 14.2 Å². The normalized spacial score (nSPS) is 9.66. The molecule has 4 rings (SSSR count). The number of hydrogen-bond donors (Lipinski definition) is 0. The third kappa shape index (κ3) is 8.21. The molecule has 0 saturated heterocycles. The highest BCUT2D eigenvalue weighted by atomic mass is 35.5. The lowest BCUT2D eigenvalue weighted by molar-refractivity contribution is 0.277. The van der Waals surface area contributed by atoms with Gasteiger partial charge in [0.1, 0.15) is 0 Å². The van der Waals surface area contributed by atoms with Crippen molar-refractivity contribution in [1.82, 2.24) is 0 Å². The van der Waals surface area contributed by atoms with Gasteiger partial charge in [0.15, 0.2) is 0 Å². The smallest absolute Gasteiger partial charge is 0.0405 e. The first-order valence-electron chi connectivity index (χ1n) is 9.32. The Morgan fingerprint density at radius 2 is 0.724 bits per heavy atom. The molecule has 0 atom stereocenters. The second-order valence-corrected chi connectivity index (χ2v) is 8.70. The summed E-state index contributed by atoms with van der Waals surface area (Å²) in [6, 6.07) is 41.8. The summed E-state index contributed by atoms with van der Waals surface area (Å²) in [6.45, 7) is 0. The average molecular weight is 421 g/mol. The van der Waals surface area contributed by atoms with Crippen LogP contribution in [0.1, 0.15) is 0 Å². The van der Waals surface area contributed by atoms with Gasteiger partial charge >= 0.3 is 0 Å². The lowest BCUT2D eigenvalue weighted by Gasteiger charge is -2.18. The predicted octanol–water partition coefficient (Wildman–Crippen LogP) is 6.05. The monoisotopic (exact) mass is 420 g/mol. The van der Waals surface area contributed by atoms with Crippen molar-refractivity contribution in [3.8, 4) is 0 Å². The minimum atomic E-state index is -0.446. The molecule has 0 unspecified atom stereocenters. The molecule has 0 fully saturated rings. The second-order valence-electron chi connectivity index (χ2n) is 6.05. The molecule has 0 bridgehead atoms. The van der Waals surface area contributed by atoms with E-state index in [1.165, 1.54) is 15.9 Å². The molecular formula is C26H26ClOP. The van der Waals surface area contributed by atoms with E-state index in [-0.39, 0.29) is 0 Å². The van der Waals surface area contributed by atoms with E-state index in [1.807, 2.05) is 30.3 Å². The Hall–Kier alpha value is -2.44. The predicted molar refractivity (Wildman–Crippen MR) is 130 cm³/mol. The van der Waals surface area contributed by atoms with E-state index >= 15 is 0 Å². The van der Waals surface area contributed by atoms with Crippen LogP contribution >= 0.6 is 19.5 Å². The quantitative estimate of drug-likeness (QED) is 0.367. The molecule has 0 aliphatic carbocycles. The third-order valence-corrected chi connectivity index (χ3v) is 6.47. The van der Waals surface area contributed by atoms with Gasteiger partial charge in [-0.05, 0) is 36.0 Å². The first kappa shape index (κ1) is 22.8. The van der Waals surface area contributed by atoms with Gasteiger partial charge in [-0.1, -0.05) is 121 Å². The number of halogens is 1. The van der Waals surface area contributed by atoms with Gasteiger partial charge in [0.05, 0.1) is 0 Å². The summed E-state index contributed by atoms with van der Waals surface area (Å²) < 4.78 is 4.25. The standard InChI is InChI=1S/C18H15P.C6H5Cl.C2H6O/c1-4-10-16(11-5-1)19(17-12-6-2-7-13-17)18-14-8-3-9-15-18;7-6-4-2-1-3-5-6;1-3-2/h1-15H;1-5H;1-2H3. The first-order valence-corrected chi connectivity index (χ1v) is 11.0. The molecule has 0 aromatic heterocycles. The molecule has 0 aliphatic heterocycles. The van der Waals surface area contributed by atoms with Crippen LogP contribution in [0.2, 0.25) is 5.02 Å². The number of rotatable bonds is 3. The van der Waals surface area contributed by atoms with E-state index in [4.69, 9.17) is 11.6 Å². The third-order valence-electron chi connectivity index (χ3n) is 3.78. The van der Waals surface area contributed by atoms with Gasteiger partial charge in [0, 0.05) is 19.2 Å². The molecular weight excluding hydrogens is 395 g/mol. The number of hydrogen-bond acceptors (Lipinski definition) is 1. The molecule has 4 aromatic rings. The van der Waals surface area contributed by atoms with Crippen molar-refractivity contribution in [2.24, 2.45) is 0 Å². The Bertz CT molecular complexity index is 806. The van der Waals surface area contributed by atoms with Gasteiger partial charge in [0.2, 0.25) is 0 Å². The maximum absolute atomic E-state index is 5.54. The number of benzene rings is 4. The van der Waals surface area contributed by atoms with Crippen LogP contribution in [0.5, 0.6) is 0 Å². The Kier molecular flexibility index (Phi) is 10.8. The summed E-state index contributed by atoms with van der Waals surface area (Å²) in [6.07, 6.45) is 0. The van der Waals surface area contributed by atoms with Crippen molar-refractivity contribution in [3.05, 3.63) is 126 Å². The highest BCUT2D eigenvalue weighted by molar-refractivity contribution is 7.79. The molecule has 148 valence electrons. The zero-order valence-corrected chi connectivity index (χ0v) is 18.4. The van der Waals surface area contributed by atoms with Crippen LogP contribution < -0.4 is 15.9 Å². The molecule has 3 heteroatoms. The summed E-state index contributed by atoms with van der Waals surface area (Å²) in [5.41, 5.74) is 0. The van der Waals surface area contributed by atoms with Crippen LogP contribution in [0, 0.1) is 0 Å². The number of ether oxygens (including phenoxy) is 1. The van der Waals surface area contributed by atoms with Crippen LogP contribution in [0.4, 0.5) is 0 Å². The maximum Gasteiger partial charge on any atom is 0.0405 e. The van der Waals surface area contributed by atoms with Gasteiger partial charge in [-0.25, -0.2) is 0 Å². The molecule has 0 heterocycles. The van der Waals surface area contributed by atoms with Crippen molar-refractivity contribution < 1.29 is 4.74 Å². The second kappa shape index (κ2) is 13.7. The van der Waals surface area contributed by atoms with Gasteiger partial charge in [-0.2, -0.15) is 0 Å². The molecule has 0 aliphatic rings. The molecule has 0 spiro atoms. The Labute approximate surface area is 180 Å². The van der Waals surface area contributed by atoms with Gasteiger partial charge in [0.25, 0.3) is 0 Å². The lowest BCUT2D eigenvalue weighted by atomic mass is 10.4. The minimum absolute atomic E-state index is 0.446. The van der Waals surface area contributed by atoms with Gasteiger partial charge in [-0.3, -0.25) is 0 Å². The molecule has 0 radical (unpaired) electrons. The van der Waals surface area contributed by atoms with E-state index in [0.717, 1.165) is 5.02 Å². The van der Waals surface area contributed by atoms with Crippen molar-refractivity contribution in [2.45, 2.75) is 0 Å². The zero-order chi connectivity index (χ0) is 20.7. The largest absolute Gasteiger partial charge is 0.388 e. The van der Waals surface area contributed by atoms with Crippen molar-refractivity contribution in [3.63, 3.8) is 0 Å². The summed E-state index contributed by atoms with van der Waals surface area (Å²) in [7, 11) is 2.80. The van der Waals surface area contributed by atoms with Crippen molar-refractivity contribution in [1.29, 1.82) is 0 Å². The zero-order valence-electron chi connectivity index (χ0n) is 16.8.